The molecule has 4 aromatic rings. The summed E-state index contributed by atoms with van der Waals surface area (Å²) in [5.74, 6) is 1.17. The van der Waals surface area contributed by atoms with E-state index in [9.17, 15) is 0 Å². The molecule has 2 aromatic carbocycles. The molecule has 0 saturated heterocycles. The van der Waals surface area contributed by atoms with Crippen LogP contribution in [0.2, 0.25) is 0 Å². The molecule has 0 atom stereocenters. The number of para-hydroxylation sites is 2. The van der Waals surface area contributed by atoms with Gasteiger partial charge in [-0.2, -0.15) is 0 Å². The fraction of sp³-hybridized carbons (Fsp3) is 0.176. The van der Waals surface area contributed by atoms with Crippen LogP contribution in [-0.4, -0.2) is 9.55 Å². The van der Waals surface area contributed by atoms with Crippen molar-refractivity contribution in [2.24, 2.45) is 14.1 Å². The number of nitrogens with zero attached hydrogens (tertiary/aromatic N) is 3. The average molecular weight is 278 g/mol. The van der Waals surface area contributed by atoms with Crippen LogP contribution in [0.25, 0.3) is 33.5 Å². The van der Waals surface area contributed by atoms with Crippen molar-refractivity contribution in [3.05, 3.63) is 48.4 Å². The Kier molecular flexibility index (Phi) is 2.42. The van der Waals surface area contributed by atoms with Gasteiger partial charge in [-0.15, -0.1) is 0 Å². The first kappa shape index (κ1) is 12.1. The van der Waals surface area contributed by atoms with E-state index in [0.29, 0.717) is 0 Å². The molecular weight excluding hydrogens is 262 g/mol. The van der Waals surface area contributed by atoms with Gasteiger partial charge in [0.15, 0.2) is 23.0 Å². The van der Waals surface area contributed by atoms with Gasteiger partial charge in [-0.05, 0) is 36.8 Å². The first-order valence-electron chi connectivity index (χ1n) is 6.94. The lowest BCUT2D eigenvalue weighted by Crippen LogP contribution is -2.30. The highest BCUT2D eigenvalue weighted by Crippen LogP contribution is 2.28. The third-order valence-corrected chi connectivity index (χ3v) is 4.16. The lowest BCUT2D eigenvalue weighted by atomic mass is 10.1. The summed E-state index contributed by atoms with van der Waals surface area (Å²) < 4.78 is 9.84. The summed E-state index contributed by atoms with van der Waals surface area (Å²) in [5.41, 5.74) is 6.51. The molecule has 104 valence electrons. The number of hydrogen-bond donors (Lipinski definition) is 0. The van der Waals surface area contributed by atoms with E-state index in [4.69, 9.17) is 4.42 Å². The van der Waals surface area contributed by atoms with E-state index in [0.717, 1.165) is 11.1 Å². The summed E-state index contributed by atoms with van der Waals surface area (Å²) in [5, 5.41) is 0. The summed E-state index contributed by atoms with van der Waals surface area (Å²) in [7, 11) is 4.20. The zero-order chi connectivity index (χ0) is 14.6. The zero-order valence-electron chi connectivity index (χ0n) is 12.3. The van der Waals surface area contributed by atoms with Crippen LogP contribution >= 0.6 is 0 Å². The largest absolute Gasteiger partial charge is 0.443 e. The van der Waals surface area contributed by atoms with Crippen LogP contribution in [-0.2, 0) is 14.1 Å². The standard InChI is InChI=1S/C17H16N3O/c1-11-8-16-13(18-10-21-16)9-12(11)17-19(2)14-6-4-5-7-15(14)20(17)3/h4-10H,1-3H3/q+1. The smallest absolute Gasteiger partial charge is 0.289 e. The molecule has 21 heavy (non-hydrogen) atoms. The summed E-state index contributed by atoms with van der Waals surface area (Å²) in [6, 6.07) is 12.6. The van der Waals surface area contributed by atoms with Crippen molar-refractivity contribution in [3.8, 4) is 11.4 Å². The maximum absolute atomic E-state index is 5.38. The van der Waals surface area contributed by atoms with E-state index in [1.54, 1.807) is 0 Å². The Balaban J connectivity index is 2.10. The molecular formula is C17H16N3O+. The third-order valence-electron chi connectivity index (χ3n) is 4.16. The maximum atomic E-state index is 5.38. The Morgan fingerprint density at radius 1 is 1.19 bits per heavy atom. The Bertz CT molecular complexity index is 939. The first-order valence-corrected chi connectivity index (χ1v) is 6.94. The van der Waals surface area contributed by atoms with Gasteiger partial charge in [0.2, 0.25) is 0 Å². The molecule has 0 aliphatic carbocycles. The molecule has 0 saturated carbocycles. The van der Waals surface area contributed by atoms with Crippen LogP contribution < -0.4 is 4.57 Å². The number of benzene rings is 2. The van der Waals surface area contributed by atoms with Gasteiger partial charge in [-0.3, -0.25) is 0 Å². The lowest BCUT2D eigenvalue weighted by molar-refractivity contribution is -0.634. The van der Waals surface area contributed by atoms with E-state index >= 15 is 0 Å². The number of rotatable bonds is 1. The highest BCUT2D eigenvalue weighted by Gasteiger charge is 2.23. The van der Waals surface area contributed by atoms with Crippen molar-refractivity contribution in [2.75, 3.05) is 0 Å². The van der Waals surface area contributed by atoms with Crippen molar-refractivity contribution in [2.45, 2.75) is 6.92 Å². The van der Waals surface area contributed by atoms with Crippen LogP contribution in [0.1, 0.15) is 5.56 Å². The fourth-order valence-electron chi connectivity index (χ4n) is 3.09. The molecule has 2 aromatic heterocycles. The van der Waals surface area contributed by atoms with Gasteiger partial charge in [-0.1, -0.05) is 12.1 Å². The number of oxazole rings is 1. The molecule has 0 N–H and O–H groups in total. The predicted molar refractivity (Wildman–Crippen MR) is 81.8 cm³/mol. The fourth-order valence-corrected chi connectivity index (χ4v) is 3.09. The molecule has 0 aliphatic heterocycles. The number of imidazole rings is 1. The molecule has 0 aliphatic rings. The Labute approximate surface area is 122 Å². The number of fused-ring (bicyclic) bond motifs is 2. The van der Waals surface area contributed by atoms with E-state index in [2.05, 4.69) is 71.5 Å². The Hall–Kier alpha value is -2.62. The number of hydrogen-bond acceptors (Lipinski definition) is 2. The third kappa shape index (κ3) is 1.62. The second-order valence-corrected chi connectivity index (χ2v) is 5.42. The van der Waals surface area contributed by atoms with Gasteiger partial charge >= 0.3 is 0 Å². The summed E-state index contributed by atoms with van der Waals surface area (Å²) in [4.78, 5) is 4.27. The summed E-state index contributed by atoms with van der Waals surface area (Å²) in [6.45, 7) is 2.11. The average Bonchev–Trinajstić information content (AvgIpc) is 3.03. The maximum Gasteiger partial charge on any atom is 0.289 e. The minimum atomic E-state index is 0.831. The molecule has 0 fully saturated rings. The second kappa shape index (κ2) is 4.19. The van der Waals surface area contributed by atoms with Crippen LogP contribution in [0.15, 0.2) is 47.2 Å². The zero-order valence-corrected chi connectivity index (χ0v) is 12.3. The second-order valence-electron chi connectivity index (χ2n) is 5.42. The molecule has 0 bridgehead atoms. The Morgan fingerprint density at radius 3 is 2.81 bits per heavy atom. The van der Waals surface area contributed by atoms with E-state index < -0.39 is 0 Å². The van der Waals surface area contributed by atoms with Crippen molar-refractivity contribution >= 4 is 22.1 Å². The number of aromatic nitrogens is 3. The van der Waals surface area contributed by atoms with Gasteiger partial charge in [0, 0.05) is 0 Å². The molecule has 0 unspecified atom stereocenters. The van der Waals surface area contributed by atoms with Gasteiger partial charge in [0.25, 0.3) is 5.82 Å². The van der Waals surface area contributed by atoms with Gasteiger partial charge in [0.1, 0.15) is 5.52 Å². The van der Waals surface area contributed by atoms with E-state index in [1.165, 1.54) is 34.4 Å². The van der Waals surface area contributed by atoms with Crippen LogP contribution in [0.5, 0.6) is 0 Å². The highest BCUT2D eigenvalue weighted by atomic mass is 16.3. The highest BCUT2D eigenvalue weighted by molar-refractivity contribution is 5.82. The summed E-state index contributed by atoms with van der Waals surface area (Å²) in [6.07, 6.45) is 1.50. The SMILES string of the molecule is Cc1cc2ocnc2cc1-c1n(C)c2ccccc2[n+]1C. The molecule has 4 heteroatoms. The number of aryl methyl sites for hydroxylation is 3. The predicted octanol–water partition coefficient (Wildman–Crippen LogP) is 3.12. The molecule has 2 heterocycles. The van der Waals surface area contributed by atoms with Gasteiger partial charge in [0.05, 0.1) is 19.7 Å². The normalized spacial score (nSPS) is 11.6. The molecule has 0 radical (unpaired) electrons. The van der Waals surface area contributed by atoms with Crippen molar-refractivity contribution in [1.29, 1.82) is 0 Å². The van der Waals surface area contributed by atoms with Gasteiger partial charge < -0.3 is 4.42 Å². The molecule has 4 rings (SSSR count). The Morgan fingerprint density at radius 2 is 2.00 bits per heavy atom. The topological polar surface area (TPSA) is 34.8 Å². The van der Waals surface area contributed by atoms with Crippen LogP contribution in [0.4, 0.5) is 0 Å². The first-order chi connectivity index (χ1) is 10.2. The quantitative estimate of drug-likeness (QED) is 0.501. The summed E-state index contributed by atoms with van der Waals surface area (Å²) >= 11 is 0. The van der Waals surface area contributed by atoms with E-state index in [1.807, 2.05) is 0 Å². The molecule has 0 amide bonds. The van der Waals surface area contributed by atoms with Crippen molar-refractivity contribution in [3.63, 3.8) is 0 Å². The van der Waals surface area contributed by atoms with E-state index in [-0.39, 0.29) is 0 Å². The van der Waals surface area contributed by atoms with Crippen molar-refractivity contribution in [1.82, 2.24) is 9.55 Å². The minimum Gasteiger partial charge on any atom is -0.443 e. The molecule has 4 nitrogen and oxygen atoms in total. The minimum absolute atomic E-state index is 0.831. The van der Waals surface area contributed by atoms with Crippen LogP contribution in [0.3, 0.4) is 0 Å². The van der Waals surface area contributed by atoms with Crippen LogP contribution in [0, 0.1) is 6.92 Å². The monoisotopic (exact) mass is 278 g/mol. The molecule has 0 spiro atoms. The van der Waals surface area contributed by atoms with Gasteiger partial charge in [-0.25, -0.2) is 14.1 Å². The lowest BCUT2D eigenvalue weighted by Gasteiger charge is -2.03. The van der Waals surface area contributed by atoms with Crippen molar-refractivity contribution < 1.29 is 8.98 Å².